The molecule has 82 valence electrons. The van der Waals surface area contributed by atoms with E-state index in [1.807, 2.05) is 5.38 Å². The summed E-state index contributed by atoms with van der Waals surface area (Å²) in [4.78, 5) is 17.3. The standard InChI is InChI=1S/C9H14N4OS/c1-6(14)11-9-12-8(5-15-9)4-13-2-7(10)3-13/h5,7H,2-4,10H2,1H3,(H,11,12,14). The lowest BCUT2D eigenvalue weighted by atomic mass is 10.1. The average molecular weight is 226 g/mol. The molecular weight excluding hydrogens is 212 g/mol. The fraction of sp³-hybridized carbons (Fsp3) is 0.556. The fourth-order valence-corrected chi connectivity index (χ4v) is 2.30. The van der Waals surface area contributed by atoms with E-state index in [4.69, 9.17) is 5.73 Å². The zero-order valence-electron chi connectivity index (χ0n) is 8.56. The summed E-state index contributed by atoms with van der Waals surface area (Å²) in [6.07, 6.45) is 0. The highest BCUT2D eigenvalue weighted by Crippen LogP contribution is 2.18. The summed E-state index contributed by atoms with van der Waals surface area (Å²) in [6.45, 7) is 4.18. The summed E-state index contributed by atoms with van der Waals surface area (Å²) in [7, 11) is 0. The molecule has 15 heavy (non-hydrogen) atoms. The van der Waals surface area contributed by atoms with Gasteiger partial charge in [0.15, 0.2) is 5.13 Å². The summed E-state index contributed by atoms with van der Waals surface area (Å²) in [5.74, 6) is -0.0816. The first-order valence-electron chi connectivity index (χ1n) is 4.83. The van der Waals surface area contributed by atoms with Crippen molar-refractivity contribution in [1.29, 1.82) is 0 Å². The molecule has 1 fully saturated rings. The van der Waals surface area contributed by atoms with Crippen LogP contribution in [0.25, 0.3) is 0 Å². The van der Waals surface area contributed by atoms with Crippen molar-refractivity contribution >= 4 is 22.4 Å². The molecule has 0 atom stereocenters. The molecule has 0 aliphatic carbocycles. The molecule has 6 heteroatoms. The van der Waals surface area contributed by atoms with Gasteiger partial charge in [-0.15, -0.1) is 11.3 Å². The number of amides is 1. The highest BCUT2D eigenvalue weighted by Gasteiger charge is 2.23. The molecule has 0 saturated carbocycles. The van der Waals surface area contributed by atoms with Gasteiger partial charge in [0.25, 0.3) is 0 Å². The number of nitrogens with two attached hydrogens (primary N) is 1. The van der Waals surface area contributed by atoms with Crippen LogP contribution in [-0.2, 0) is 11.3 Å². The van der Waals surface area contributed by atoms with Crippen molar-refractivity contribution in [2.45, 2.75) is 19.5 Å². The van der Waals surface area contributed by atoms with Gasteiger partial charge in [-0.3, -0.25) is 9.69 Å². The van der Waals surface area contributed by atoms with Gasteiger partial charge in [-0.05, 0) is 0 Å². The van der Waals surface area contributed by atoms with Crippen LogP contribution in [0, 0.1) is 0 Å². The second kappa shape index (κ2) is 4.26. The first-order valence-corrected chi connectivity index (χ1v) is 5.71. The van der Waals surface area contributed by atoms with E-state index in [-0.39, 0.29) is 5.91 Å². The van der Waals surface area contributed by atoms with Gasteiger partial charge in [-0.2, -0.15) is 0 Å². The summed E-state index contributed by atoms with van der Waals surface area (Å²) in [5.41, 5.74) is 6.67. The number of anilines is 1. The lowest BCUT2D eigenvalue weighted by molar-refractivity contribution is -0.114. The van der Waals surface area contributed by atoms with Crippen LogP contribution in [0.4, 0.5) is 5.13 Å². The molecule has 1 amide bonds. The third-order valence-electron chi connectivity index (χ3n) is 2.21. The number of hydrogen-bond acceptors (Lipinski definition) is 5. The lowest BCUT2D eigenvalue weighted by Crippen LogP contribution is -2.54. The van der Waals surface area contributed by atoms with Crippen molar-refractivity contribution in [2.24, 2.45) is 5.73 Å². The van der Waals surface area contributed by atoms with E-state index >= 15 is 0 Å². The normalized spacial score (nSPS) is 17.5. The van der Waals surface area contributed by atoms with E-state index < -0.39 is 0 Å². The van der Waals surface area contributed by atoms with Crippen molar-refractivity contribution < 1.29 is 4.79 Å². The van der Waals surface area contributed by atoms with E-state index in [2.05, 4.69) is 15.2 Å². The van der Waals surface area contributed by atoms with Gasteiger partial charge < -0.3 is 11.1 Å². The number of hydrogen-bond donors (Lipinski definition) is 2. The maximum Gasteiger partial charge on any atom is 0.223 e. The largest absolute Gasteiger partial charge is 0.325 e. The molecule has 1 aliphatic heterocycles. The van der Waals surface area contributed by atoms with Crippen molar-refractivity contribution in [3.05, 3.63) is 11.1 Å². The third kappa shape index (κ3) is 2.74. The van der Waals surface area contributed by atoms with Crippen LogP contribution in [0.1, 0.15) is 12.6 Å². The topological polar surface area (TPSA) is 71.2 Å². The minimum absolute atomic E-state index is 0.0816. The van der Waals surface area contributed by atoms with Crippen LogP contribution in [0.5, 0.6) is 0 Å². The van der Waals surface area contributed by atoms with Gasteiger partial charge >= 0.3 is 0 Å². The molecule has 3 N–H and O–H groups in total. The number of aromatic nitrogens is 1. The van der Waals surface area contributed by atoms with Crippen molar-refractivity contribution in [3.8, 4) is 0 Å². The van der Waals surface area contributed by atoms with E-state index in [0.29, 0.717) is 11.2 Å². The van der Waals surface area contributed by atoms with Crippen LogP contribution >= 0.6 is 11.3 Å². The zero-order valence-corrected chi connectivity index (χ0v) is 9.38. The monoisotopic (exact) mass is 226 g/mol. The smallest absolute Gasteiger partial charge is 0.223 e. The van der Waals surface area contributed by atoms with Crippen molar-refractivity contribution in [3.63, 3.8) is 0 Å². The molecule has 1 aliphatic rings. The van der Waals surface area contributed by atoms with Crippen molar-refractivity contribution in [1.82, 2.24) is 9.88 Å². The highest BCUT2D eigenvalue weighted by molar-refractivity contribution is 7.13. The number of rotatable bonds is 3. The van der Waals surface area contributed by atoms with Crippen LogP contribution in [0.15, 0.2) is 5.38 Å². The molecule has 1 saturated heterocycles. The lowest BCUT2D eigenvalue weighted by Gasteiger charge is -2.36. The Balaban J connectivity index is 1.87. The number of nitrogens with zero attached hydrogens (tertiary/aromatic N) is 2. The average Bonchev–Trinajstić information content (AvgIpc) is 2.48. The van der Waals surface area contributed by atoms with E-state index in [1.54, 1.807) is 0 Å². The quantitative estimate of drug-likeness (QED) is 0.774. The number of likely N-dealkylation sites (tertiary alicyclic amines) is 1. The van der Waals surface area contributed by atoms with Gasteiger partial charge in [0.05, 0.1) is 5.69 Å². The first kappa shape index (κ1) is 10.5. The Hall–Kier alpha value is -0.980. The molecule has 2 rings (SSSR count). The van der Waals surface area contributed by atoms with Crippen molar-refractivity contribution in [2.75, 3.05) is 18.4 Å². The maximum atomic E-state index is 10.8. The number of carbonyl (C=O) groups excluding carboxylic acids is 1. The molecule has 0 radical (unpaired) electrons. The molecule has 5 nitrogen and oxygen atoms in total. The van der Waals surface area contributed by atoms with Gasteiger partial charge in [0.1, 0.15) is 0 Å². The van der Waals surface area contributed by atoms with Crippen LogP contribution in [0.2, 0.25) is 0 Å². The Labute approximate surface area is 92.3 Å². The van der Waals surface area contributed by atoms with Gasteiger partial charge in [0, 0.05) is 38.0 Å². The molecule has 0 spiro atoms. The molecule has 2 heterocycles. The Morgan fingerprint density at radius 3 is 3.13 bits per heavy atom. The van der Waals surface area contributed by atoms with E-state index in [1.165, 1.54) is 18.3 Å². The highest BCUT2D eigenvalue weighted by atomic mass is 32.1. The van der Waals surface area contributed by atoms with E-state index in [9.17, 15) is 4.79 Å². The van der Waals surface area contributed by atoms with Gasteiger partial charge in [0.2, 0.25) is 5.91 Å². The van der Waals surface area contributed by atoms with Crippen LogP contribution in [0.3, 0.4) is 0 Å². The summed E-state index contributed by atoms with van der Waals surface area (Å²) in [5, 5.41) is 5.30. The second-order valence-electron chi connectivity index (χ2n) is 3.78. The Kier molecular flexibility index (Phi) is 2.99. The molecule has 1 aromatic heterocycles. The van der Waals surface area contributed by atoms with E-state index in [0.717, 1.165) is 25.3 Å². The maximum absolute atomic E-state index is 10.8. The molecule has 0 aromatic carbocycles. The van der Waals surface area contributed by atoms with Gasteiger partial charge in [-0.25, -0.2) is 4.98 Å². The summed E-state index contributed by atoms with van der Waals surface area (Å²) >= 11 is 1.45. The fourth-order valence-electron chi connectivity index (χ4n) is 1.56. The van der Waals surface area contributed by atoms with Gasteiger partial charge in [-0.1, -0.05) is 0 Å². The predicted octanol–water partition coefficient (Wildman–Crippen LogP) is 0.244. The molecule has 1 aromatic rings. The number of thiazole rings is 1. The number of nitrogens with one attached hydrogen (secondary N) is 1. The molecular formula is C9H14N4OS. The third-order valence-corrected chi connectivity index (χ3v) is 3.01. The SMILES string of the molecule is CC(=O)Nc1nc(CN2CC(N)C2)cs1. The Morgan fingerprint density at radius 2 is 2.53 bits per heavy atom. The Morgan fingerprint density at radius 1 is 1.80 bits per heavy atom. The summed E-state index contributed by atoms with van der Waals surface area (Å²) < 4.78 is 0. The van der Waals surface area contributed by atoms with Crippen LogP contribution in [-0.4, -0.2) is 34.9 Å². The first-order chi connectivity index (χ1) is 7.13. The second-order valence-corrected chi connectivity index (χ2v) is 4.64. The zero-order chi connectivity index (χ0) is 10.8. The van der Waals surface area contributed by atoms with Crippen LogP contribution < -0.4 is 11.1 Å². The molecule has 0 bridgehead atoms. The predicted molar refractivity (Wildman–Crippen MR) is 59.7 cm³/mol. The number of carbonyl (C=O) groups is 1. The minimum atomic E-state index is -0.0816. The molecule has 0 unspecified atom stereocenters. The summed E-state index contributed by atoms with van der Waals surface area (Å²) in [6, 6.07) is 0.318. The minimum Gasteiger partial charge on any atom is -0.325 e. The Bertz CT molecular complexity index is 359.